The number of nitrogens with zero attached hydrogens (tertiary/aromatic N) is 2. The summed E-state index contributed by atoms with van der Waals surface area (Å²) in [4.78, 5) is 10.5. The largest absolute Gasteiger partial charge is 0.496 e. The molecule has 1 aromatic heterocycles. The van der Waals surface area contributed by atoms with Gasteiger partial charge in [-0.15, -0.1) is 0 Å². The highest BCUT2D eigenvalue weighted by Gasteiger charge is 2.27. The highest BCUT2D eigenvalue weighted by molar-refractivity contribution is 7.99. The molecule has 0 unspecified atom stereocenters. The van der Waals surface area contributed by atoms with E-state index in [-0.39, 0.29) is 9.79 Å². The molecule has 0 fully saturated rings. The quantitative estimate of drug-likeness (QED) is 0.177. The van der Waals surface area contributed by atoms with Crippen LogP contribution >= 0.6 is 11.8 Å². The van der Waals surface area contributed by atoms with Crippen LogP contribution in [0.4, 0.5) is 17.1 Å². The van der Waals surface area contributed by atoms with Crippen LogP contribution in [-0.4, -0.2) is 20.5 Å². The molecule has 7 heteroatoms. The fourth-order valence-corrected chi connectivity index (χ4v) is 8.63. The Balaban J connectivity index is 1.36. The lowest BCUT2D eigenvalue weighted by Crippen LogP contribution is -2.15. The second-order valence-corrected chi connectivity index (χ2v) is 14.7. The molecular formula is C41H30N2O3S2. The van der Waals surface area contributed by atoms with E-state index >= 15 is 0 Å². The van der Waals surface area contributed by atoms with Gasteiger partial charge in [0.05, 0.1) is 45.2 Å². The van der Waals surface area contributed by atoms with Crippen LogP contribution in [0.2, 0.25) is 0 Å². The van der Waals surface area contributed by atoms with Gasteiger partial charge in [0.25, 0.3) is 0 Å². The molecule has 0 saturated carbocycles. The van der Waals surface area contributed by atoms with E-state index in [4.69, 9.17) is 9.72 Å². The fraction of sp³-hybridized carbons (Fsp3) is 0.0488. The van der Waals surface area contributed by atoms with Gasteiger partial charge in [0.1, 0.15) is 5.75 Å². The number of methoxy groups -OCH3 is 1. The van der Waals surface area contributed by atoms with Crippen LogP contribution in [0.1, 0.15) is 5.56 Å². The molecule has 0 radical (unpaired) electrons. The van der Waals surface area contributed by atoms with Crippen molar-refractivity contribution in [2.75, 3.05) is 12.0 Å². The second kappa shape index (κ2) is 12.0. The fourth-order valence-electron chi connectivity index (χ4n) is 6.29. The number of sulfone groups is 1. The first-order valence-corrected chi connectivity index (χ1v) is 17.9. The smallest absolute Gasteiger partial charge is 0.206 e. The number of aromatic nitrogens is 1. The van der Waals surface area contributed by atoms with Crippen LogP contribution in [-0.2, 0) is 9.84 Å². The van der Waals surface area contributed by atoms with E-state index < -0.39 is 9.84 Å². The summed E-state index contributed by atoms with van der Waals surface area (Å²) in [6.07, 6.45) is 0. The van der Waals surface area contributed by atoms with Crippen molar-refractivity contribution in [3.63, 3.8) is 0 Å². The second-order valence-electron chi connectivity index (χ2n) is 11.6. The van der Waals surface area contributed by atoms with Crippen molar-refractivity contribution >= 4 is 49.6 Å². The van der Waals surface area contributed by atoms with Crippen LogP contribution in [0.5, 0.6) is 5.75 Å². The first-order chi connectivity index (χ1) is 23.4. The number of anilines is 3. The molecule has 7 aromatic rings. The molecule has 0 bridgehead atoms. The van der Waals surface area contributed by atoms with Crippen molar-refractivity contribution in [1.82, 2.24) is 4.98 Å². The summed E-state index contributed by atoms with van der Waals surface area (Å²) in [7, 11) is -1.97. The minimum Gasteiger partial charge on any atom is -0.496 e. The number of ether oxygens (including phenoxy) is 1. The van der Waals surface area contributed by atoms with Gasteiger partial charge in [-0.3, -0.25) is 0 Å². The maximum absolute atomic E-state index is 13.4. The van der Waals surface area contributed by atoms with Gasteiger partial charge in [0, 0.05) is 20.7 Å². The molecule has 8 rings (SSSR count). The first kappa shape index (κ1) is 30.0. The maximum atomic E-state index is 13.4. The Morgan fingerprint density at radius 1 is 0.625 bits per heavy atom. The third kappa shape index (κ3) is 5.12. The Bertz CT molecular complexity index is 2400. The van der Waals surface area contributed by atoms with E-state index in [0.29, 0.717) is 0 Å². The Kier molecular flexibility index (Phi) is 7.51. The highest BCUT2D eigenvalue weighted by atomic mass is 32.2. The summed E-state index contributed by atoms with van der Waals surface area (Å²) in [5.41, 5.74) is 8.58. The third-order valence-corrected chi connectivity index (χ3v) is 11.6. The van der Waals surface area contributed by atoms with Crippen LogP contribution in [0.25, 0.3) is 33.3 Å². The topological polar surface area (TPSA) is 59.5 Å². The van der Waals surface area contributed by atoms with E-state index in [1.165, 1.54) is 9.79 Å². The lowest BCUT2D eigenvalue weighted by Gasteiger charge is -2.33. The summed E-state index contributed by atoms with van der Waals surface area (Å²) < 4.78 is 32.5. The van der Waals surface area contributed by atoms with E-state index in [9.17, 15) is 8.42 Å². The highest BCUT2D eigenvalue weighted by Crippen LogP contribution is 2.52. The monoisotopic (exact) mass is 662 g/mol. The maximum Gasteiger partial charge on any atom is 0.206 e. The van der Waals surface area contributed by atoms with Gasteiger partial charge in [-0.1, -0.05) is 90.6 Å². The summed E-state index contributed by atoms with van der Waals surface area (Å²) >= 11 is 1.77. The van der Waals surface area contributed by atoms with Crippen LogP contribution < -0.4 is 9.64 Å². The standard InChI is InChI=1S/C41H30N2O3S2/c1-27-19-20-29(25-38(27)46-2)33-26-34(28-21-23-31(24-22-28)48(44,45)30-11-4-3-5-12-30)42-41-32(33)13-10-16-37(41)43-35-14-6-8-17-39(35)47-40-18-9-7-15-36(40)43/h3-26H,1-2H3. The molecule has 0 spiro atoms. The molecular weight excluding hydrogens is 633 g/mol. The number of pyridine rings is 1. The molecule has 1 aliphatic heterocycles. The SMILES string of the molecule is COc1cc(-c2cc(-c3ccc(S(=O)(=O)c4ccccc4)cc3)nc3c(N4c5ccccc5Sc5ccccc54)cccc23)ccc1C. The van der Waals surface area contributed by atoms with Gasteiger partial charge in [0.2, 0.25) is 9.84 Å². The molecule has 0 amide bonds. The average Bonchev–Trinajstić information content (AvgIpc) is 3.14. The van der Waals surface area contributed by atoms with E-state index in [1.807, 2.05) is 25.1 Å². The van der Waals surface area contributed by atoms with Crippen LogP contribution in [0.3, 0.4) is 0 Å². The van der Waals surface area contributed by atoms with Gasteiger partial charge < -0.3 is 9.64 Å². The molecule has 5 nitrogen and oxygen atoms in total. The van der Waals surface area contributed by atoms with Crippen molar-refractivity contribution < 1.29 is 13.2 Å². The molecule has 6 aromatic carbocycles. The van der Waals surface area contributed by atoms with Crippen molar-refractivity contribution in [2.45, 2.75) is 26.5 Å². The molecule has 2 heterocycles. The Hall–Kier alpha value is -5.37. The number of aryl methyl sites for hydroxylation is 1. The van der Waals surface area contributed by atoms with E-state index in [1.54, 1.807) is 55.3 Å². The lowest BCUT2D eigenvalue weighted by atomic mass is 9.96. The van der Waals surface area contributed by atoms with Gasteiger partial charge in [-0.25, -0.2) is 13.4 Å². The minimum atomic E-state index is -3.66. The Labute approximate surface area is 284 Å². The minimum absolute atomic E-state index is 0.237. The van der Waals surface area contributed by atoms with E-state index in [2.05, 4.69) is 95.9 Å². The average molecular weight is 663 g/mol. The predicted molar refractivity (Wildman–Crippen MR) is 195 cm³/mol. The first-order valence-electron chi connectivity index (χ1n) is 15.6. The molecule has 0 aliphatic carbocycles. The van der Waals surface area contributed by atoms with Crippen molar-refractivity contribution in [1.29, 1.82) is 0 Å². The predicted octanol–water partition coefficient (Wildman–Crippen LogP) is 10.7. The summed E-state index contributed by atoms with van der Waals surface area (Å²) in [5, 5.41) is 0.999. The summed E-state index contributed by atoms with van der Waals surface area (Å²) in [6.45, 7) is 2.03. The molecule has 1 aliphatic rings. The van der Waals surface area contributed by atoms with Crippen LogP contribution in [0, 0.1) is 6.92 Å². The normalized spacial score (nSPS) is 12.4. The van der Waals surface area contributed by atoms with Gasteiger partial charge in [-0.2, -0.15) is 0 Å². The van der Waals surface area contributed by atoms with Gasteiger partial charge >= 0.3 is 0 Å². The zero-order valence-corrected chi connectivity index (χ0v) is 27.9. The molecule has 48 heavy (non-hydrogen) atoms. The third-order valence-electron chi connectivity index (χ3n) is 8.72. The van der Waals surface area contributed by atoms with Crippen molar-refractivity contribution in [2.24, 2.45) is 0 Å². The Morgan fingerprint density at radius 2 is 1.23 bits per heavy atom. The summed E-state index contributed by atoms with van der Waals surface area (Å²) in [5.74, 6) is 0.807. The molecule has 0 saturated heterocycles. The number of hydrogen-bond acceptors (Lipinski definition) is 6. The van der Waals surface area contributed by atoms with Gasteiger partial charge in [0.15, 0.2) is 0 Å². The Morgan fingerprint density at radius 3 is 1.92 bits per heavy atom. The summed E-state index contributed by atoms with van der Waals surface area (Å²) in [6, 6.07) is 47.1. The number of fused-ring (bicyclic) bond motifs is 3. The zero-order valence-electron chi connectivity index (χ0n) is 26.3. The number of rotatable bonds is 6. The zero-order chi connectivity index (χ0) is 32.8. The number of benzene rings is 6. The van der Waals surface area contributed by atoms with Crippen LogP contribution in [0.15, 0.2) is 165 Å². The molecule has 234 valence electrons. The number of para-hydroxylation sites is 3. The lowest BCUT2D eigenvalue weighted by molar-refractivity contribution is 0.412. The van der Waals surface area contributed by atoms with Crippen molar-refractivity contribution in [3.05, 3.63) is 151 Å². The van der Waals surface area contributed by atoms with E-state index in [0.717, 1.165) is 61.7 Å². The number of hydrogen-bond donors (Lipinski definition) is 0. The molecule has 0 atom stereocenters. The van der Waals surface area contributed by atoms with Gasteiger partial charge in [-0.05, 0) is 90.3 Å². The molecule has 0 N–H and O–H groups in total. The van der Waals surface area contributed by atoms with Crippen molar-refractivity contribution in [3.8, 4) is 28.1 Å².